The van der Waals surface area contributed by atoms with E-state index < -0.39 is 0 Å². The Kier molecular flexibility index (Phi) is 5.28. The number of anilines is 1. The highest BCUT2D eigenvalue weighted by Gasteiger charge is 2.40. The fourth-order valence-electron chi connectivity index (χ4n) is 4.15. The first kappa shape index (κ1) is 18.6. The Morgan fingerprint density at radius 1 is 1.22 bits per heavy atom. The molecule has 6 heteroatoms. The number of carbonyl (C=O) groups excluding carboxylic acids is 1. The number of rotatable bonds is 3. The van der Waals surface area contributed by atoms with Crippen molar-refractivity contribution in [1.82, 2.24) is 4.90 Å². The highest BCUT2D eigenvalue weighted by Crippen LogP contribution is 2.42. The molecule has 142 valence electrons. The van der Waals surface area contributed by atoms with Crippen molar-refractivity contribution in [2.24, 2.45) is 0 Å². The number of ether oxygens (including phenoxy) is 1. The number of allylic oxidation sites excluding steroid dienone is 1. The summed E-state index contributed by atoms with van der Waals surface area (Å²) in [5.74, 6) is 0.911. The smallest absolute Gasteiger partial charge is 0.268 e. The summed E-state index contributed by atoms with van der Waals surface area (Å²) < 4.78 is 6.05. The Labute approximate surface area is 170 Å². The van der Waals surface area contributed by atoms with Crippen molar-refractivity contribution in [2.45, 2.75) is 45.1 Å². The molecular formula is C21H24N2O2S2. The summed E-state index contributed by atoms with van der Waals surface area (Å²) in [5, 5.41) is 0. The molecule has 0 radical (unpaired) electrons. The number of hydrogen-bond donors (Lipinski definition) is 0. The molecule has 2 heterocycles. The summed E-state index contributed by atoms with van der Waals surface area (Å²) in [6, 6.07) is 6.32. The molecule has 0 unspecified atom stereocenters. The highest BCUT2D eigenvalue weighted by molar-refractivity contribution is 8.26. The minimum atomic E-state index is 0.0759. The molecule has 27 heavy (non-hydrogen) atoms. The molecular weight excluding hydrogens is 376 g/mol. The van der Waals surface area contributed by atoms with E-state index in [1.54, 1.807) is 7.11 Å². The maximum absolute atomic E-state index is 13.3. The van der Waals surface area contributed by atoms with Crippen molar-refractivity contribution in [3.05, 3.63) is 40.4 Å². The van der Waals surface area contributed by atoms with Crippen LogP contribution in [0.25, 0.3) is 6.08 Å². The maximum Gasteiger partial charge on any atom is 0.268 e. The summed E-state index contributed by atoms with van der Waals surface area (Å²) in [7, 11) is 1.67. The largest absolute Gasteiger partial charge is 0.497 e. The number of nitrogens with zero attached hydrogens (tertiary/aromatic N) is 2. The van der Waals surface area contributed by atoms with Gasteiger partial charge < -0.3 is 9.64 Å². The summed E-state index contributed by atoms with van der Waals surface area (Å²) >= 11 is 7.06. The lowest BCUT2D eigenvalue weighted by atomic mass is 9.94. The lowest BCUT2D eigenvalue weighted by Gasteiger charge is -2.31. The summed E-state index contributed by atoms with van der Waals surface area (Å²) in [6.07, 6.45) is 9.85. The van der Waals surface area contributed by atoms with Crippen molar-refractivity contribution >= 4 is 46.0 Å². The van der Waals surface area contributed by atoms with Crippen LogP contribution in [0, 0.1) is 0 Å². The lowest BCUT2D eigenvalue weighted by molar-refractivity contribution is -0.124. The number of carbonyl (C=O) groups is 1. The molecule has 0 spiro atoms. The van der Waals surface area contributed by atoms with Gasteiger partial charge in [-0.25, -0.2) is 0 Å². The van der Waals surface area contributed by atoms with Crippen molar-refractivity contribution < 1.29 is 9.53 Å². The second-order valence-corrected chi connectivity index (χ2v) is 8.70. The number of hydrogen-bond acceptors (Lipinski definition) is 5. The van der Waals surface area contributed by atoms with Gasteiger partial charge in [-0.15, -0.1) is 0 Å². The van der Waals surface area contributed by atoms with Gasteiger partial charge in [0, 0.05) is 23.8 Å². The zero-order chi connectivity index (χ0) is 19.0. The second kappa shape index (κ2) is 7.68. The zero-order valence-corrected chi connectivity index (χ0v) is 17.4. The third-order valence-electron chi connectivity index (χ3n) is 5.52. The van der Waals surface area contributed by atoms with Gasteiger partial charge in [-0.05, 0) is 44.0 Å². The fourth-order valence-corrected chi connectivity index (χ4v) is 5.61. The molecule has 0 bridgehead atoms. The standard InChI is InChI=1S/C21H24N2O2S2/c1-3-22-17-12-10-16(25-2)13-14(17)9-11-18(22)19-20(24)23(21(26)27-19)15-7-5-4-6-8-15/h9-13,15H,3-8H2,1-2H3/b19-18+. The van der Waals surface area contributed by atoms with Gasteiger partial charge in [-0.1, -0.05) is 49.3 Å². The van der Waals surface area contributed by atoms with E-state index in [9.17, 15) is 4.79 Å². The predicted octanol–water partition coefficient (Wildman–Crippen LogP) is 4.95. The summed E-state index contributed by atoms with van der Waals surface area (Å²) in [4.78, 5) is 18.1. The van der Waals surface area contributed by atoms with Crippen LogP contribution in [0.5, 0.6) is 5.75 Å². The number of benzene rings is 1. The molecule has 3 aliphatic rings. The van der Waals surface area contributed by atoms with E-state index in [0.717, 1.165) is 47.0 Å². The second-order valence-electron chi connectivity index (χ2n) is 7.05. The minimum absolute atomic E-state index is 0.0759. The van der Waals surface area contributed by atoms with Crippen molar-refractivity contribution in [1.29, 1.82) is 0 Å². The van der Waals surface area contributed by atoms with Crippen LogP contribution in [0.15, 0.2) is 34.9 Å². The summed E-state index contributed by atoms with van der Waals surface area (Å²) in [5.41, 5.74) is 3.15. The molecule has 1 aromatic rings. The van der Waals surface area contributed by atoms with Crippen LogP contribution in [0.4, 0.5) is 5.69 Å². The zero-order valence-electron chi connectivity index (χ0n) is 15.7. The number of thiocarbonyl (C=S) groups is 1. The molecule has 2 aliphatic heterocycles. The molecule has 1 amide bonds. The molecule has 1 saturated heterocycles. The number of likely N-dealkylation sites (N-methyl/N-ethyl adjacent to an activating group) is 1. The van der Waals surface area contributed by atoms with Gasteiger partial charge in [0.1, 0.15) is 15.0 Å². The average Bonchev–Trinajstić information content (AvgIpc) is 3.01. The first-order chi connectivity index (χ1) is 13.1. The van der Waals surface area contributed by atoms with Gasteiger partial charge >= 0.3 is 0 Å². The van der Waals surface area contributed by atoms with Crippen LogP contribution >= 0.6 is 24.0 Å². The van der Waals surface area contributed by atoms with Crippen LogP contribution in [0.1, 0.15) is 44.6 Å². The first-order valence-corrected chi connectivity index (χ1v) is 10.8. The van der Waals surface area contributed by atoms with Gasteiger partial charge in [0.15, 0.2) is 0 Å². The molecule has 0 N–H and O–H groups in total. The van der Waals surface area contributed by atoms with E-state index in [2.05, 4.69) is 24.0 Å². The predicted molar refractivity (Wildman–Crippen MR) is 116 cm³/mol. The van der Waals surface area contributed by atoms with Crippen molar-refractivity contribution in [2.75, 3.05) is 18.6 Å². The fraction of sp³-hybridized carbons (Fsp3) is 0.429. The maximum atomic E-state index is 13.3. The van der Waals surface area contributed by atoms with Gasteiger partial charge in [0.2, 0.25) is 0 Å². The molecule has 1 saturated carbocycles. The van der Waals surface area contributed by atoms with E-state index in [1.807, 2.05) is 23.1 Å². The average molecular weight is 401 g/mol. The molecule has 2 fully saturated rings. The Morgan fingerprint density at radius 2 is 2.00 bits per heavy atom. The Bertz CT molecular complexity index is 841. The molecule has 1 aromatic carbocycles. The van der Waals surface area contributed by atoms with E-state index in [4.69, 9.17) is 17.0 Å². The van der Waals surface area contributed by atoms with Crippen LogP contribution in [0.3, 0.4) is 0 Å². The van der Waals surface area contributed by atoms with Crippen molar-refractivity contribution in [3.63, 3.8) is 0 Å². The first-order valence-electron chi connectivity index (χ1n) is 9.57. The third kappa shape index (κ3) is 3.29. The molecule has 1 aliphatic carbocycles. The van der Waals surface area contributed by atoms with E-state index in [-0.39, 0.29) is 11.9 Å². The molecule has 4 rings (SSSR count). The number of fused-ring (bicyclic) bond motifs is 1. The number of amides is 1. The van der Waals surface area contributed by atoms with Crippen LogP contribution in [-0.2, 0) is 4.79 Å². The molecule has 4 nitrogen and oxygen atoms in total. The Balaban J connectivity index is 1.70. The van der Waals surface area contributed by atoms with Gasteiger partial charge in [0.05, 0.1) is 12.8 Å². The molecule has 0 atom stereocenters. The van der Waals surface area contributed by atoms with Gasteiger partial charge in [0.25, 0.3) is 5.91 Å². The van der Waals surface area contributed by atoms with Crippen LogP contribution in [-0.4, -0.2) is 34.8 Å². The van der Waals surface area contributed by atoms with Gasteiger partial charge in [-0.3, -0.25) is 9.69 Å². The summed E-state index contributed by atoms with van der Waals surface area (Å²) in [6.45, 7) is 2.89. The van der Waals surface area contributed by atoms with E-state index in [0.29, 0.717) is 4.32 Å². The molecule has 0 aromatic heterocycles. The highest BCUT2D eigenvalue weighted by atomic mass is 32.2. The Hall–Kier alpha value is -1.79. The van der Waals surface area contributed by atoms with Gasteiger partial charge in [-0.2, -0.15) is 0 Å². The topological polar surface area (TPSA) is 32.8 Å². The number of methoxy groups -OCH3 is 1. The minimum Gasteiger partial charge on any atom is -0.497 e. The monoisotopic (exact) mass is 400 g/mol. The third-order valence-corrected chi connectivity index (χ3v) is 6.93. The van der Waals surface area contributed by atoms with Crippen LogP contribution < -0.4 is 9.64 Å². The quantitative estimate of drug-likeness (QED) is 0.529. The lowest BCUT2D eigenvalue weighted by Crippen LogP contribution is -2.40. The van der Waals surface area contributed by atoms with E-state index >= 15 is 0 Å². The van der Waals surface area contributed by atoms with E-state index in [1.165, 1.54) is 31.0 Å². The Morgan fingerprint density at radius 3 is 2.70 bits per heavy atom. The van der Waals surface area contributed by atoms with Crippen molar-refractivity contribution in [3.8, 4) is 5.75 Å². The van der Waals surface area contributed by atoms with Crippen LogP contribution in [0.2, 0.25) is 0 Å². The SMILES string of the molecule is CCN1/C(=C2/SC(=S)N(C3CCCCC3)C2=O)C=Cc2cc(OC)ccc21. The normalized spacial score (nSPS) is 23.2. The number of thioether (sulfide) groups is 1.